The van der Waals surface area contributed by atoms with Crippen LogP contribution in [-0.2, 0) is 4.74 Å². The van der Waals surface area contributed by atoms with Crippen LogP contribution < -0.4 is 10.2 Å². The normalized spacial score (nSPS) is 18.9. The van der Waals surface area contributed by atoms with Gasteiger partial charge in [-0.2, -0.15) is 0 Å². The van der Waals surface area contributed by atoms with E-state index in [0.29, 0.717) is 13.2 Å². The number of rotatable bonds is 4. The molecular weight excluding hydrogens is 402 g/mol. The van der Waals surface area contributed by atoms with Crippen molar-refractivity contribution in [1.82, 2.24) is 15.0 Å². The maximum Gasteiger partial charge on any atom is 0.143 e. The molecule has 3 heterocycles. The molecule has 3 N–H and O–H groups in total. The molecular formula is C25H29N5O2. The van der Waals surface area contributed by atoms with Crippen LogP contribution in [0, 0.1) is 17.8 Å². The van der Waals surface area contributed by atoms with Crippen LogP contribution in [0.3, 0.4) is 0 Å². The van der Waals surface area contributed by atoms with Crippen molar-refractivity contribution in [1.29, 1.82) is 0 Å². The molecule has 0 radical (unpaired) electrons. The highest BCUT2D eigenvalue weighted by Crippen LogP contribution is 2.34. The highest BCUT2D eigenvalue weighted by Gasteiger charge is 2.32. The Balaban J connectivity index is 1.49. The minimum absolute atomic E-state index is 0.253. The van der Waals surface area contributed by atoms with Gasteiger partial charge in [0.2, 0.25) is 0 Å². The summed E-state index contributed by atoms with van der Waals surface area (Å²) in [6, 6.07) is 8.13. The van der Waals surface area contributed by atoms with E-state index in [4.69, 9.17) is 4.74 Å². The molecule has 5 rings (SSSR count). The Morgan fingerprint density at radius 1 is 1.19 bits per heavy atom. The Morgan fingerprint density at radius 2 is 2.00 bits per heavy atom. The molecule has 1 saturated carbocycles. The number of hydrogen-bond donors (Lipinski definition) is 3. The standard InChI is InChI=1S/C25H29N5O2/c1-25(31,19-4-2-3-5-19)10-8-18-6-7-22(30-12-14-32-15-13-30)21(16-18)29-24-20-9-11-26-23(20)27-17-28-24/h6-7,9,11,16-17,19,31H,2-5,12-15H2,1H3,(H2,26,27,28,29). The van der Waals surface area contributed by atoms with Crippen LogP contribution in [0.1, 0.15) is 38.2 Å². The Morgan fingerprint density at radius 3 is 2.81 bits per heavy atom. The van der Waals surface area contributed by atoms with Crippen molar-refractivity contribution in [3.8, 4) is 11.8 Å². The SMILES string of the molecule is CC(O)(C#Cc1ccc(N2CCOCC2)c(Nc2ncnc3[nH]ccc23)c1)C1CCCC1. The fourth-order valence-electron chi connectivity index (χ4n) is 4.68. The van der Waals surface area contributed by atoms with E-state index in [1.54, 1.807) is 6.33 Å². The number of fused-ring (bicyclic) bond motifs is 1. The van der Waals surface area contributed by atoms with Crippen LogP contribution in [0.25, 0.3) is 11.0 Å². The Hall–Kier alpha value is -3.08. The van der Waals surface area contributed by atoms with E-state index in [2.05, 4.69) is 43.1 Å². The first-order valence-corrected chi connectivity index (χ1v) is 11.4. The monoisotopic (exact) mass is 431 g/mol. The summed E-state index contributed by atoms with van der Waals surface area (Å²) < 4.78 is 5.54. The second-order valence-electron chi connectivity index (χ2n) is 8.80. The van der Waals surface area contributed by atoms with Crippen molar-refractivity contribution in [3.05, 3.63) is 42.4 Å². The first-order chi connectivity index (χ1) is 15.6. The van der Waals surface area contributed by atoms with Gasteiger partial charge in [0.25, 0.3) is 0 Å². The largest absolute Gasteiger partial charge is 0.378 e. The van der Waals surface area contributed by atoms with Gasteiger partial charge in [0.1, 0.15) is 23.4 Å². The third-order valence-electron chi connectivity index (χ3n) is 6.57. The topological polar surface area (TPSA) is 86.3 Å². The minimum atomic E-state index is -0.961. The van der Waals surface area contributed by atoms with Crippen molar-refractivity contribution in [2.45, 2.75) is 38.2 Å². The van der Waals surface area contributed by atoms with Crippen LogP contribution in [-0.4, -0.2) is 52.0 Å². The molecule has 1 aliphatic carbocycles. The van der Waals surface area contributed by atoms with Crippen molar-refractivity contribution >= 4 is 28.2 Å². The summed E-state index contributed by atoms with van der Waals surface area (Å²) in [5, 5.41) is 15.3. The summed E-state index contributed by atoms with van der Waals surface area (Å²) in [7, 11) is 0. The fraction of sp³-hybridized carbons (Fsp3) is 0.440. The first kappa shape index (κ1) is 20.8. The van der Waals surface area contributed by atoms with E-state index in [1.165, 1.54) is 12.8 Å². The van der Waals surface area contributed by atoms with Crippen molar-refractivity contribution in [2.75, 3.05) is 36.5 Å². The van der Waals surface area contributed by atoms with E-state index in [-0.39, 0.29) is 5.92 Å². The fourth-order valence-corrected chi connectivity index (χ4v) is 4.68. The van der Waals surface area contributed by atoms with Gasteiger partial charge in [0, 0.05) is 24.8 Å². The molecule has 2 aromatic heterocycles. The highest BCUT2D eigenvalue weighted by molar-refractivity contribution is 5.90. The van der Waals surface area contributed by atoms with Crippen LogP contribution in [0.2, 0.25) is 0 Å². The number of hydrogen-bond acceptors (Lipinski definition) is 6. The first-order valence-electron chi connectivity index (χ1n) is 11.4. The van der Waals surface area contributed by atoms with Gasteiger partial charge in [0.05, 0.1) is 30.0 Å². The number of anilines is 3. The molecule has 1 aromatic carbocycles. The van der Waals surface area contributed by atoms with Crippen LogP contribution in [0.5, 0.6) is 0 Å². The molecule has 32 heavy (non-hydrogen) atoms. The second kappa shape index (κ2) is 8.81. The molecule has 3 aromatic rings. The lowest BCUT2D eigenvalue weighted by Gasteiger charge is -2.30. The summed E-state index contributed by atoms with van der Waals surface area (Å²) in [6.07, 6.45) is 7.86. The molecule has 2 aliphatic rings. The molecule has 166 valence electrons. The van der Waals surface area contributed by atoms with Gasteiger partial charge in [-0.3, -0.25) is 0 Å². The van der Waals surface area contributed by atoms with Crippen molar-refractivity contribution < 1.29 is 9.84 Å². The molecule has 1 unspecified atom stereocenters. The number of morpholine rings is 1. The summed E-state index contributed by atoms with van der Waals surface area (Å²) in [4.78, 5) is 14.2. The quantitative estimate of drug-likeness (QED) is 0.545. The van der Waals surface area contributed by atoms with Gasteiger partial charge in [-0.1, -0.05) is 24.7 Å². The highest BCUT2D eigenvalue weighted by atomic mass is 16.5. The number of H-pyrrole nitrogens is 1. The molecule has 2 fully saturated rings. The zero-order chi connectivity index (χ0) is 22.0. The summed E-state index contributed by atoms with van der Waals surface area (Å²) >= 11 is 0. The van der Waals surface area contributed by atoms with Crippen molar-refractivity contribution in [2.24, 2.45) is 5.92 Å². The lowest BCUT2D eigenvalue weighted by molar-refractivity contribution is 0.0589. The van der Waals surface area contributed by atoms with E-state index < -0.39 is 5.60 Å². The van der Waals surface area contributed by atoms with E-state index in [1.807, 2.05) is 31.3 Å². The van der Waals surface area contributed by atoms with Gasteiger partial charge in [0.15, 0.2) is 0 Å². The van der Waals surface area contributed by atoms with E-state index in [9.17, 15) is 5.11 Å². The van der Waals surface area contributed by atoms with Crippen LogP contribution in [0.15, 0.2) is 36.8 Å². The maximum atomic E-state index is 10.9. The third-order valence-corrected chi connectivity index (χ3v) is 6.57. The van der Waals surface area contributed by atoms with Gasteiger partial charge < -0.3 is 25.0 Å². The summed E-state index contributed by atoms with van der Waals surface area (Å²) in [5.74, 6) is 7.37. The Bertz CT molecular complexity index is 1150. The molecule has 1 aliphatic heterocycles. The van der Waals surface area contributed by atoms with Gasteiger partial charge in [-0.05, 0) is 49.9 Å². The summed E-state index contributed by atoms with van der Waals surface area (Å²) in [5.41, 5.74) is 2.71. The second-order valence-corrected chi connectivity index (χ2v) is 8.80. The third kappa shape index (κ3) is 4.29. The predicted octanol–water partition coefficient (Wildman–Crippen LogP) is 3.83. The number of ether oxygens (including phenoxy) is 1. The molecule has 7 heteroatoms. The number of aromatic amines is 1. The smallest absolute Gasteiger partial charge is 0.143 e. The average Bonchev–Trinajstić information content (AvgIpc) is 3.52. The van der Waals surface area contributed by atoms with E-state index >= 15 is 0 Å². The van der Waals surface area contributed by atoms with Gasteiger partial charge in [-0.15, -0.1) is 0 Å². The number of aromatic nitrogens is 3. The zero-order valence-electron chi connectivity index (χ0n) is 18.4. The molecule has 1 saturated heterocycles. The Labute approximate surface area is 188 Å². The molecule has 1 atom stereocenters. The summed E-state index contributed by atoms with van der Waals surface area (Å²) in [6.45, 7) is 4.93. The lowest BCUT2D eigenvalue weighted by atomic mass is 9.88. The molecule has 0 bridgehead atoms. The molecule has 0 spiro atoms. The Kier molecular flexibility index (Phi) is 5.73. The number of benzene rings is 1. The predicted molar refractivity (Wildman–Crippen MR) is 126 cm³/mol. The average molecular weight is 432 g/mol. The maximum absolute atomic E-state index is 10.9. The van der Waals surface area contributed by atoms with Crippen LogP contribution >= 0.6 is 0 Å². The minimum Gasteiger partial charge on any atom is -0.378 e. The number of nitrogens with zero attached hydrogens (tertiary/aromatic N) is 3. The number of nitrogens with one attached hydrogen (secondary N) is 2. The van der Waals surface area contributed by atoms with Crippen molar-refractivity contribution in [3.63, 3.8) is 0 Å². The van der Waals surface area contributed by atoms with Gasteiger partial charge >= 0.3 is 0 Å². The van der Waals surface area contributed by atoms with Crippen LogP contribution in [0.4, 0.5) is 17.2 Å². The zero-order valence-corrected chi connectivity index (χ0v) is 18.4. The number of aliphatic hydroxyl groups is 1. The molecule has 0 amide bonds. The van der Waals surface area contributed by atoms with Gasteiger partial charge in [-0.25, -0.2) is 9.97 Å². The van der Waals surface area contributed by atoms with E-state index in [0.717, 1.165) is 59.7 Å². The lowest BCUT2D eigenvalue weighted by Crippen LogP contribution is -2.36. The molecule has 7 nitrogen and oxygen atoms in total.